The predicted molar refractivity (Wildman–Crippen MR) is 192 cm³/mol. The lowest BCUT2D eigenvalue weighted by Gasteiger charge is -2.42. The van der Waals surface area contributed by atoms with E-state index >= 15 is 0 Å². The number of esters is 2. The van der Waals surface area contributed by atoms with Crippen LogP contribution < -0.4 is 0 Å². The normalized spacial score (nSPS) is 29.7. The number of hydrogen-bond acceptors (Lipinski definition) is 15. The molecular formula is C38H68O15. The highest BCUT2D eigenvalue weighted by molar-refractivity contribution is 5.70. The fourth-order valence-corrected chi connectivity index (χ4v) is 6.09. The number of unbranched alkanes of at least 4 members (excludes halogenated alkanes) is 12. The molecule has 0 aliphatic carbocycles. The van der Waals surface area contributed by atoms with Crippen molar-refractivity contribution in [3.8, 4) is 0 Å². The van der Waals surface area contributed by atoms with E-state index in [4.69, 9.17) is 28.4 Å². The summed E-state index contributed by atoms with van der Waals surface area (Å²) in [4.78, 5) is 25.1. The lowest BCUT2D eigenvalue weighted by Crippen LogP contribution is -2.61. The van der Waals surface area contributed by atoms with Crippen molar-refractivity contribution in [2.24, 2.45) is 0 Å². The Hall–Kier alpha value is -1.76. The molecule has 7 N–H and O–H groups in total. The van der Waals surface area contributed by atoms with Gasteiger partial charge in [-0.2, -0.15) is 0 Å². The highest BCUT2D eigenvalue weighted by Gasteiger charge is 2.47. The standard InChI is InChI=1S/C38H68O15/c1-3-5-7-8-9-10-11-12-13-14-15-16-17-19-21-30(41)51-26(23-48-29(40)20-18-6-4-2)24-49-37-36(47)34(45)32(43)28(53-37)25-50-38-35(46)33(44)31(42)27(22-39)52-38/h11-12,26-28,31-39,42-47H,3-10,13-25H2,1-2H3/b12-11-. The molecule has 2 aliphatic heterocycles. The van der Waals surface area contributed by atoms with Gasteiger partial charge in [0.1, 0.15) is 55.4 Å². The molecule has 2 fully saturated rings. The first kappa shape index (κ1) is 47.4. The molecule has 11 unspecified atom stereocenters. The van der Waals surface area contributed by atoms with Crippen molar-refractivity contribution in [2.75, 3.05) is 26.4 Å². The molecule has 2 aliphatic rings. The van der Waals surface area contributed by atoms with E-state index in [2.05, 4.69) is 19.1 Å². The minimum absolute atomic E-state index is 0.156. The van der Waals surface area contributed by atoms with Gasteiger partial charge in [-0.25, -0.2) is 0 Å². The van der Waals surface area contributed by atoms with E-state index in [1.807, 2.05) is 6.92 Å². The number of ether oxygens (including phenoxy) is 6. The van der Waals surface area contributed by atoms with Gasteiger partial charge < -0.3 is 64.2 Å². The first-order valence-electron chi connectivity index (χ1n) is 19.8. The number of aliphatic hydroxyl groups is 7. The van der Waals surface area contributed by atoms with Crippen LogP contribution in [0.2, 0.25) is 0 Å². The molecule has 2 rings (SSSR count). The van der Waals surface area contributed by atoms with Crippen molar-refractivity contribution in [1.82, 2.24) is 0 Å². The van der Waals surface area contributed by atoms with Crippen molar-refractivity contribution < 1.29 is 73.8 Å². The Bertz CT molecular complexity index is 997. The Labute approximate surface area is 314 Å². The molecule has 2 saturated heterocycles. The topological polar surface area (TPSA) is 231 Å². The van der Waals surface area contributed by atoms with Crippen LogP contribution in [0.25, 0.3) is 0 Å². The number of aliphatic hydroxyl groups excluding tert-OH is 7. The lowest BCUT2D eigenvalue weighted by molar-refractivity contribution is -0.332. The van der Waals surface area contributed by atoms with E-state index in [9.17, 15) is 45.3 Å². The Morgan fingerprint density at radius 3 is 1.70 bits per heavy atom. The quantitative estimate of drug-likeness (QED) is 0.0344. The van der Waals surface area contributed by atoms with Crippen LogP contribution >= 0.6 is 0 Å². The number of rotatable bonds is 28. The zero-order valence-corrected chi connectivity index (χ0v) is 31.8. The summed E-state index contributed by atoms with van der Waals surface area (Å²) in [5.41, 5.74) is 0. The average molecular weight is 765 g/mol. The molecule has 11 atom stereocenters. The summed E-state index contributed by atoms with van der Waals surface area (Å²) >= 11 is 0. The minimum Gasteiger partial charge on any atom is -0.462 e. The maximum absolute atomic E-state index is 12.8. The van der Waals surface area contributed by atoms with Crippen LogP contribution in [0.1, 0.15) is 123 Å². The second-order valence-electron chi connectivity index (χ2n) is 14.1. The van der Waals surface area contributed by atoms with Gasteiger partial charge in [0.25, 0.3) is 0 Å². The largest absolute Gasteiger partial charge is 0.462 e. The van der Waals surface area contributed by atoms with Crippen LogP contribution in [0.3, 0.4) is 0 Å². The van der Waals surface area contributed by atoms with Gasteiger partial charge in [-0.15, -0.1) is 0 Å². The molecule has 0 aromatic rings. The van der Waals surface area contributed by atoms with Crippen LogP contribution in [0.15, 0.2) is 12.2 Å². The van der Waals surface area contributed by atoms with Gasteiger partial charge in [0.2, 0.25) is 0 Å². The summed E-state index contributed by atoms with van der Waals surface area (Å²) in [6, 6.07) is 0. The molecule has 15 nitrogen and oxygen atoms in total. The van der Waals surface area contributed by atoms with Crippen LogP contribution in [-0.2, 0) is 38.0 Å². The van der Waals surface area contributed by atoms with Crippen molar-refractivity contribution in [2.45, 2.75) is 191 Å². The summed E-state index contributed by atoms with van der Waals surface area (Å²) in [7, 11) is 0. The molecule has 15 heteroatoms. The number of allylic oxidation sites excluding steroid dienone is 2. The van der Waals surface area contributed by atoms with Crippen LogP contribution in [-0.4, -0.2) is 142 Å². The monoisotopic (exact) mass is 764 g/mol. The lowest BCUT2D eigenvalue weighted by atomic mass is 9.98. The molecule has 2 heterocycles. The molecule has 0 aromatic heterocycles. The van der Waals surface area contributed by atoms with E-state index in [0.29, 0.717) is 12.8 Å². The zero-order chi connectivity index (χ0) is 39.0. The van der Waals surface area contributed by atoms with Gasteiger partial charge in [0.05, 0.1) is 19.8 Å². The maximum Gasteiger partial charge on any atom is 0.306 e. The second-order valence-corrected chi connectivity index (χ2v) is 14.1. The molecular weight excluding hydrogens is 696 g/mol. The second kappa shape index (κ2) is 27.8. The van der Waals surface area contributed by atoms with Gasteiger partial charge >= 0.3 is 11.9 Å². The van der Waals surface area contributed by atoms with E-state index < -0.39 is 92.7 Å². The van der Waals surface area contributed by atoms with Gasteiger partial charge in [-0.1, -0.05) is 83.8 Å². The average Bonchev–Trinajstić information content (AvgIpc) is 3.15. The third-order valence-electron chi connectivity index (χ3n) is 9.49. The van der Waals surface area contributed by atoms with Crippen LogP contribution in [0.4, 0.5) is 0 Å². The SMILES string of the molecule is CCCCCCC/C=C\CCCCCCCC(=O)OC(COC(=O)CCCCC)COC1OC(COC2OC(CO)C(O)C(O)C2O)C(O)C(O)C1O. The fourth-order valence-electron chi connectivity index (χ4n) is 6.09. The van der Waals surface area contributed by atoms with Crippen molar-refractivity contribution >= 4 is 11.9 Å². The summed E-state index contributed by atoms with van der Waals surface area (Å²) in [6.45, 7) is 2.34. The van der Waals surface area contributed by atoms with E-state index in [0.717, 1.165) is 51.4 Å². The smallest absolute Gasteiger partial charge is 0.306 e. The number of hydrogen-bond donors (Lipinski definition) is 7. The fraction of sp³-hybridized carbons (Fsp3) is 0.895. The third kappa shape index (κ3) is 18.2. The third-order valence-corrected chi connectivity index (χ3v) is 9.49. The Kier molecular flexibility index (Phi) is 24.8. The van der Waals surface area contributed by atoms with E-state index in [1.54, 1.807) is 0 Å². The van der Waals surface area contributed by atoms with Gasteiger partial charge in [-0.3, -0.25) is 9.59 Å². The van der Waals surface area contributed by atoms with Crippen LogP contribution in [0.5, 0.6) is 0 Å². The zero-order valence-electron chi connectivity index (χ0n) is 31.8. The molecule has 0 aromatic carbocycles. The summed E-state index contributed by atoms with van der Waals surface area (Å²) in [5.74, 6) is -0.965. The first-order chi connectivity index (χ1) is 25.5. The molecule has 0 saturated carbocycles. The molecule has 53 heavy (non-hydrogen) atoms. The van der Waals surface area contributed by atoms with Gasteiger partial charge in [-0.05, 0) is 38.5 Å². The summed E-state index contributed by atoms with van der Waals surface area (Å²) in [6.07, 6.45) is 3.73. The minimum atomic E-state index is -1.76. The highest BCUT2D eigenvalue weighted by atomic mass is 16.7. The molecule has 0 bridgehead atoms. The van der Waals surface area contributed by atoms with Crippen molar-refractivity contribution in [1.29, 1.82) is 0 Å². The Morgan fingerprint density at radius 2 is 1.08 bits per heavy atom. The van der Waals surface area contributed by atoms with Gasteiger partial charge in [0.15, 0.2) is 18.7 Å². The first-order valence-corrected chi connectivity index (χ1v) is 19.8. The molecule has 310 valence electrons. The summed E-state index contributed by atoms with van der Waals surface area (Å²) < 4.78 is 33.0. The Morgan fingerprint density at radius 1 is 0.585 bits per heavy atom. The predicted octanol–water partition coefficient (Wildman–Crippen LogP) is 2.31. The van der Waals surface area contributed by atoms with E-state index in [1.165, 1.54) is 32.1 Å². The highest BCUT2D eigenvalue weighted by Crippen LogP contribution is 2.26. The number of carbonyl (C=O) groups is 2. The maximum atomic E-state index is 12.8. The van der Waals surface area contributed by atoms with E-state index in [-0.39, 0.29) is 26.1 Å². The number of carbonyl (C=O) groups excluding carboxylic acids is 2. The van der Waals surface area contributed by atoms with Crippen LogP contribution in [0, 0.1) is 0 Å². The molecule has 0 radical (unpaired) electrons. The van der Waals surface area contributed by atoms with Crippen molar-refractivity contribution in [3.05, 3.63) is 12.2 Å². The Balaban J connectivity index is 1.84. The molecule has 0 amide bonds. The summed E-state index contributed by atoms with van der Waals surface area (Å²) in [5, 5.41) is 71.3. The van der Waals surface area contributed by atoms with Gasteiger partial charge in [0, 0.05) is 12.8 Å². The molecule has 0 spiro atoms. The van der Waals surface area contributed by atoms with Crippen molar-refractivity contribution in [3.63, 3.8) is 0 Å².